The van der Waals surface area contributed by atoms with E-state index >= 15 is 0 Å². The van der Waals surface area contributed by atoms with Crippen molar-refractivity contribution in [3.05, 3.63) is 84.4 Å². The maximum Gasteiger partial charge on any atom is 0.224 e. The first-order chi connectivity index (χ1) is 12.2. The molecule has 0 spiro atoms. The molecule has 0 bridgehead atoms. The third kappa shape index (κ3) is 4.73. The maximum atomic E-state index is 13.7. The summed E-state index contributed by atoms with van der Waals surface area (Å²) < 4.78 is 13.7. The van der Waals surface area contributed by atoms with E-state index in [1.807, 2.05) is 54.6 Å². The van der Waals surface area contributed by atoms with E-state index < -0.39 is 5.95 Å². The fraction of sp³-hybridized carbons (Fsp3) is 0.143. The Morgan fingerprint density at radius 1 is 0.960 bits per heavy atom. The fourth-order valence-electron chi connectivity index (χ4n) is 2.65. The zero-order valence-corrected chi connectivity index (χ0v) is 13.8. The lowest BCUT2D eigenvalue weighted by Crippen LogP contribution is -2.11. The number of rotatable bonds is 6. The van der Waals surface area contributed by atoms with E-state index in [9.17, 15) is 9.18 Å². The molecule has 0 unspecified atom stereocenters. The second-order valence-corrected chi connectivity index (χ2v) is 5.81. The number of para-hydroxylation sites is 1. The van der Waals surface area contributed by atoms with Gasteiger partial charge in [0, 0.05) is 23.9 Å². The molecule has 0 aliphatic carbocycles. The highest BCUT2D eigenvalue weighted by atomic mass is 19.1. The van der Waals surface area contributed by atoms with Gasteiger partial charge in [-0.25, -0.2) is 4.98 Å². The van der Waals surface area contributed by atoms with Crippen molar-refractivity contribution in [2.45, 2.75) is 19.3 Å². The van der Waals surface area contributed by atoms with E-state index in [4.69, 9.17) is 0 Å². The molecule has 0 atom stereocenters. The van der Waals surface area contributed by atoms with Crippen LogP contribution < -0.4 is 5.32 Å². The molecular weight excluding hydrogens is 315 g/mol. The molecule has 3 rings (SSSR count). The molecular formula is C21H19FN2O. The van der Waals surface area contributed by atoms with Crippen LogP contribution in [0, 0.1) is 5.95 Å². The predicted octanol–water partition coefficient (Wildman–Crippen LogP) is 4.85. The molecule has 2 aromatic carbocycles. The lowest BCUT2D eigenvalue weighted by molar-refractivity contribution is -0.116. The third-order valence-corrected chi connectivity index (χ3v) is 3.95. The molecule has 0 aliphatic heterocycles. The van der Waals surface area contributed by atoms with Crippen LogP contribution in [0.2, 0.25) is 0 Å². The summed E-state index contributed by atoms with van der Waals surface area (Å²) in [5, 5.41) is 2.88. The number of hydrogen-bond acceptors (Lipinski definition) is 2. The Kier molecular flexibility index (Phi) is 5.52. The zero-order chi connectivity index (χ0) is 17.5. The topological polar surface area (TPSA) is 42.0 Å². The second kappa shape index (κ2) is 8.20. The number of pyridine rings is 1. The second-order valence-electron chi connectivity index (χ2n) is 5.81. The molecule has 1 heterocycles. The van der Waals surface area contributed by atoms with Gasteiger partial charge in [-0.1, -0.05) is 42.5 Å². The van der Waals surface area contributed by atoms with Crippen molar-refractivity contribution in [3.8, 4) is 11.1 Å². The molecule has 0 saturated carbocycles. The summed E-state index contributed by atoms with van der Waals surface area (Å²) in [5.41, 5.74) is 3.24. The number of carbonyl (C=O) groups excluding carboxylic acids is 1. The lowest BCUT2D eigenvalue weighted by Gasteiger charge is -2.06. The summed E-state index contributed by atoms with van der Waals surface area (Å²) in [6.45, 7) is 0. The highest BCUT2D eigenvalue weighted by Crippen LogP contribution is 2.22. The zero-order valence-electron chi connectivity index (χ0n) is 13.8. The number of aryl methyl sites for hydroxylation is 1. The molecule has 0 radical (unpaired) electrons. The van der Waals surface area contributed by atoms with Gasteiger partial charge < -0.3 is 5.32 Å². The van der Waals surface area contributed by atoms with Gasteiger partial charge >= 0.3 is 0 Å². The van der Waals surface area contributed by atoms with Crippen LogP contribution in [0.4, 0.5) is 10.1 Å². The summed E-state index contributed by atoms with van der Waals surface area (Å²) in [4.78, 5) is 15.6. The first kappa shape index (κ1) is 16.8. The highest BCUT2D eigenvalue weighted by Gasteiger charge is 2.06. The number of hydrogen-bond donors (Lipinski definition) is 1. The van der Waals surface area contributed by atoms with Gasteiger partial charge in [-0.05, 0) is 48.2 Å². The van der Waals surface area contributed by atoms with Gasteiger partial charge in [0.15, 0.2) is 0 Å². The molecule has 4 heteroatoms. The number of aromatic nitrogens is 1. The molecule has 1 aromatic heterocycles. The Morgan fingerprint density at radius 2 is 1.72 bits per heavy atom. The summed E-state index contributed by atoms with van der Waals surface area (Å²) in [7, 11) is 0. The normalized spacial score (nSPS) is 10.4. The molecule has 25 heavy (non-hydrogen) atoms. The Labute approximate surface area is 146 Å². The van der Waals surface area contributed by atoms with E-state index in [1.54, 1.807) is 12.1 Å². The molecule has 0 fully saturated rings. The maximum absolute atomic E-state index is 13.7. The Morgan fingerprint density at radius 3 is 2.44 bits per heavy atom. The predicted molar refractivity (Wildman–Crippen MR) is 97.6 cm³/mol. The van der Waals surface area contributed by atoms with Crippen LogP contribution in [0.5, 0.6) is 0 Å². The lowest BCUT2D eigenvalue weighted by atomic mass is 10.0. The van der Waals surface area contributed by atoms with Gasteiger partial charge in [0.1, 0.15) is 0 Å². The van der Waals surface area contributed by atoms with Gasteiger partial charge in [-0.3, -0.25) is 4.79 Å². The van der Waals surface area contributed by atoms with Crippen LogP contribution in [-0.4, -0.2) is 10.9 Å². The number of anilines is 1. The van der Waals surface area contributed by atoms with Crippen molar-refractivity contribution in [1.82, 2.24) is 4.98 Å². The van der Waals surface area contributed by atoms with Crippen molar-refractivity contribution in [1.29, 1.82) is 0 Å². The largest absolute Gasteiger partial charge is 0.326 e. The minimum absolute atomic E-state index is 0.0141. The van der Waals surface area contributed by atoms with Crippen LogP contribution in [0.3, 0.4) is 0 Å². The standard InChI is InChI=1S/C21H19FN2O/c22-21-19(9-5-15-23-21)17-13-11-16(12-14-17)6-4-10-20(25)24-18-7-2-1-3-8-18/h1-3,5,7-9,11-15H,4,6,10H2,(H,24,25). The number of benzene rings is 2. The van der Waals surface area contributed by atoms with Crippen LogP contribution >= 0.6 is 0 Å². The van der Waals surface area contributed by atoms with Crippen LogP contribution in [-0.2, 0) is 11.2 Å². The minimum Gasteiger partial charge on any atom is -0.326 e. The van der Waals surface area contributed by atoms with E-state index in [0.29, 0.717) is 12.0 Å². The molecule has 0 saturated heterocycles. The fourth-order valence-corrected chi connectivity index (χ4v) is 2.65. The van der Waals surface area contributed by atoms with Crippen molar-refractivity contribution in [2.24, 2.45) is 0 Å². The number of carbonyl (C=O) groups is 1. The van der Waals surface area contributed by atoms with Crippen molar-refractivity contribution in [3.63, 3.8) is 0 Å². The van der Waals surface area contributed by atoms with Gasteiger partial charge in [0.25, 0.3) is 0 Å². The van der Waals surface area contributed by atoms with Crippen molar-refractivity contribution < 1.29 is 9.18 Å². The monoisotopic (exact) mass is 334 g/mol. The summed E-state index contributed by atoms with van der Waals surface area (Å²) >= 11 is 0. The first-order valence-electron chi connectivity index (χ1n) is 8.27. The molecule has 126 valence electrons. The van der Waals surface area contributed by atoms with Crippen LogP contribution in [0.1, 0.15) is 18.4 Å². The van der Waals surface area contributed by atoms with Gasteiger partial charge in [-0.15, -0.1) is 0 Å². The van der Waals surface area contributed by atoms with Crippen LogP contribution in [0.15, 0.2) is 72.9 Å². The van der Waals surface area contributed by atoms with Gasteiger partial charge in [0.2, 0.25) is 11.9 Å². The van der Waals surface area contributed by atoms with E-state index in [0.717, 1.165) is 29.7 Å². The summed E-state index contributed by atoms with van der Waals surface area (Å²) in [6, 6.07) is 20.6. The molecule has 0 aliphatic rings. The van der Waals surface area contributed by atoms with Crippen LogP contribution in [0.25, 0.3) is 11.1 Å². The minimum atomic E-state index is -0.465. The quantitative estimate of drug-likeness (QED) is 0.655. The Balaban J connectivity index is 1.51. The molecule has 1 N–H and O–H groups in total. The molecule has 1 amide bonds. The smallest absolute Gasteiger partial charge is 0.224 e. The summed E-state index contributed by atoms with van der Waals surface area (Å²) in [6.07, 6.45) is 3.47. The Bertz CT molecular complexity index is 832. The van der Waals surface area contributed by atoms with Crippen molar-refractivity contribution >= 4 is 11.6 Å². The third-order valence-electron chi connectivity index (χ3n) is 3.95. The van der Waals surface area contributed by atoms with E-state index in [-0.39, 0.29) is 5.91 Å². The molecule has 3 aromatic rings. The number of halogens is 1. The van der Waals surface area contributed by atoms with E-state index in [1.165, 1.54) is 6.20 Å². The number of nitrogens with zero attached hydrogens (tertiary/aromatic N) is 1. The van der Waals surface area contributed by atoms with E-state index in [2.05, 4.69) is 10.3 Å². The van der Waals surface area contributed by atoms with Crippen molar-refractivity contribution in [2.75, 3.05) is 5.32 Å². The number of amides is 1. The Hall–Kier alpha value is -3.01. The van der Waals surface area contributed by atoms with Gasteiger partial charge in [-0.2, -0.15) is 4.39 Å². The van der Waals surface area contributed by atoms with Gasteiger partial charge in [0.05, 0.1) is 0 Å². The highest BCUT2D eigenvalue weighted by molar-refractivity contribution is 5.90. The first-order valence-corrected chi connectivity index (χ1v) is 8.27. The average molecular weight is 334 g/mol. The number of nitrogens with one attached hydrogen (secondary N) is 1. The molecule has 3 nitrogen and oxygen atoms in total. The SMILES string of the molecule is O=C(CCCc1ccc(-c2cccnc2F)cc1)Nc1ccccc1. The summed E-state index contributed by atoms with van der Waals surface area (Å²) in [5.74, 6) is -0.451. The average Bonchev–Trinajstić information content (AvgIpc) is 2.64.